The lowest BCUT2D eigenvalue weighted by molar-refractivity contribution is -0.139. The average Bonchev–Trinajstić information content (AvgIpc) is 2.57. The smallest absolute Gasteiger partial charge is 0.379 e. The van der Waals surface area contributed by atoms with Gasteiger partial charge in [-0.25, -0.2) is 9.59 Å². The van der Waals surface area contributed by atoms with Crippen LogP contribution >= 0.6 is 0 Å². The highest BCUT2D eigenvalue weighted by atomic mass is 16.6. The van der Waals surface area contributed by atoms with E-state index < -0.39 is 11.9 Å². The Kier molecular flexibility index (Phi) is 3.69. The summed E-state index contributed by atoms with van der Waals surface area (Å²) in [7, 11) is 0. The fraction of sp³-hybridized carbons (Fsp3) is 0.538. The molecule has 2 rings (SSSR count). The average molecular weight is 252 g/mol. The first-order chi connectivity index (χ1) is 8.65. The molecule has 0 saturated carbocycles. The van der Waals surface area contributed by atoms with Crippen LogP contribution in [-0.2, 0) is 19.1 Å². The number of allylic oxidation sites excluding steroid dienone is 1. The molecule has 5 heteroatoms. The fourth-order valence-electron chi connectivity index (χ4n) is 2.22. The molecule has 0 fully saturated rings. The molecule has 5 nitrogen and oxygen atoms in total. The molecule has 0 aromatic rings. The first kappa shape index (κ1) is 12.7. The normalized spacial score (nSPS) is 24.2. The number of hydrogen-bond acceptors (Lipinski definition) is 5. The van der Waals surface area contributed by atoms with Gasteiger partial charge in [0.15, 0.2) is 0 Å². The zero-order valence-corrected chi connectivity index (χ0v) is 10.3. The van der Waals surface area contributed by atoms with Gasteiger partial charge in [-0.3, -0.25) is 0 Å². The van der Waals surface area contributed by atoms with Crippen molar-refractivity contribution in [1.82, 2.24) is 0 Å². The molecule has 98 valence electrons. The molecule has 0 bridgehead atoms. The maximum absolute atomic E-state index is 11.8. The second-order valence-corrected chi connectivity index (χ2v) is 4.31. The molecule has 0 spiro atoms. The van der Waals surface area contributed by atoms with Gasteiger partial charge in [-0.05, 0) is 32.6 Å². The standard InChI is InChI=1S/C13H16O5/c1-2-17-12(15)9-7-5-3-4-6-8-10(14)13(16)18-11(8)9/h14H,2-7H2,1H3/b11-9-. The quantitative estimate of drug-likeness (QED) is 0.762. The van der Waals surface area contributed by atoms with Crippen LogP contribution in [0.2, 0.25) is 0 Å². The molecule has 2 aliphatic rings. The Bertz CT molecular complexity index is 444. The molecule has 1 aliphatic carbocycles. The summed E-state index contributed by atoms with van der Waals surface area (Å²) < 4.78 is 9.97. The highest BCUT2D eigenvalue weighted by Gasteiger charge is 2.34. The van der Waals surface area contributed by atoms with Crippen LogP contribution < -0.4 is 0 Å². The lowest BCUT2D eigenvalue weighted by Crippen LogP contribution is -2.13. The van der Waals surface area contributed by atoms with Crippen molar-refractivity contribution in [2.45, 2.75) is 39.0 Å². The molecule has 1 N–H and O–H groups in total. The summed E-state index contributed by atoms with van der Waals surface area (Å²) >= 11 is 0. The molecule has 1 heterocycles. The molecule has 0 radical (unpaired) electrons. The van der Waals surface area contributed by atoms with E-state index in [4.69, 9.17) is 9.47 Å². The second-order valence-electron chi connectivity index (χ2n) is 4.31. The Hall–Kier alpha value is -1.78. The minimum Gasteiger partial charge on any atom is -0.502 e. The summed E-state index contributed by atoms with van der Waals surface area (Å²) in [6, 6.07) is 0. The maximum Gasteiger partial charge on any atom is 0.379 e. The van der Waals surface area contributed by atoms with Crippen molar-refractivity contribution >= 4 is 11.9 Å². The Morgan fingerprint density at radius 2 is 2.06 bits per heavy atom. The van der Waals surface area contributed by atoms with E-state index >= 15 is 0 Å². The summed E-state index contributed by atoms with van der Waals surface area (Å²) in [5, 5.41) is 9.66. The van der Waals surface area contributed by atoms with Crippen molar-refractivity contribution in [2.75, 3.05) is 6.61 Å². The number of rotatable bonds is 2. The number of fused-ring (bicyclic) bond motifs is 1. The van der Waals surface area contributed by atoms with Crippen LogP contribution in [0.5, 0.6) is 0 Å². The lowest BCUT2D eigenvalue weighted by atomic mass is 9.95. The highest BCUT2D eigenvalue weighted by Crippen LogP contribution is 2.35. The third-order valence-corrected chi connectivity index (χ3v) is 3.10. The predicted octanol–water partition coefficient (Wildman–Crippen LogP) is 2.14. The summed E-state index contributed by atoms with van der Waals surface area (Å²) in [5.41, 5.74) is 0.812. The summed E-state index contributed by atoms with van der Waals surface area (Å²) in [4.78, 5) is 23.2. The molecule has 18 heavy (non-hydrogen) atoms. The van der Waals surface area contributed by atoms with Crippen molar-refractivity contribution < 1.29 is 24.2 Å². The number of carbonyl (C=O) groups excluding carboxylic acids is 2. The Morgan fingerprint density at radius 3 is 2.78 bits per heavy atom. The predicted molar refractivity (Wildman–Crippen MR) is 62.5 cm³/mol. The van der Waals surface area contributed by atoms with Gasteiger partial charge in [-0.1, -0.05) is 6.42 Å². The Labute approximate surface area is 105 Å². The second kappa shape index (κ2) is 5.25. The number of aliphatic hydroxyl groups excluding tert-OH is 1. The van der Waals surface area contributed by atoms with E-state index in [-0.39, 0.29) is 18.1 Å². The third kappa shape index (κ3) is 2.25. The molecule has 0 atom stereocenters. The largest absolute Gasteiger partial charge is 0.502 e. The minimum absolute atomic E-state index is 0.218. The number of esters is 2. The van der Waals surface area contributed by atoms with Crippen LogP contribution in [-0.4, -0.2) is 23.7 Å². The monoisotopic (exact) mass is 252 g/mol. The van der Waals surface area contributed by atoms with Gasteiger partial charge in [0.25, 0.3) is 0 Å². The van der Waals surface area contributed by atoms with Crippen molar-refractivity contribution in [3.8, 4) is 0 Å². The Morgan fingerprint density at radius 1 is 1.33 bits per heavy atom. The van der Waals surface area contributed by atoms with Crippen molar-refractivity contribution in [3.63, 3.8) is 0 Å². The summed E-state index contributed by atoms with van der Waals surface area (Å²) in [6.07, 6.45) is 3.73. The summed E-state index contributed by atoms with van der Waals surface area (Å²) in [5.74, 6) is -1.39. The zero-order valence-electron chi connectivity index (χ0n) is 10.3. The number of aliphatic hydroxyl groups is 1. The van der Waals surface area contributed by atoms with E-state index in [0.29, 0.717) is 24.0 Å². The van der Waals surface area contributed by atoms with Gasteiger partial charge in [0.2, 0.25) is 5.76 Å². The van der Waals surface area contributed by atoms with Gasteiger partial charge in [-0.2, -0.15) is 0 Å². The van der Waals surface area contributed by atoms with Crippen LogP contribution in [0.15, 0.2) is 22.7 Å². The van der Waals surface area contributed by atoms with Gasteiger partial charge < -0.3 is 14.6 Å². The molecular formula is C13H16O5. The van der Waals surface area contributed by atoms with Gasteiger partial charge in [-0.15, -0.1) is 0 Å². The van der Waals surface area contributed by atoms with Crippen LogP contribution in [0.25, 0.3) is 0 Å². The van der Waals surface area contributed by atoms with E-state index in [1.54, 1.807) is 6.92 Å². The molecule has 0 aromatic carbocycles. The van der Waals surface area contributed by atoms with E-state index in [1.807, 2.05) is 0 Å². The maximum atomic E-state index is 11.8. The molecule has 0 amide bonds. The van der Waals surface area contributed by atoms with Gasteiger partial charge in [0.05, 0.1) is 12.2 Å². The number of hydrogen-bond donors (Lipinski definition) is 1. The van der Waals surface area contributed by atoms with E-state index in [2.05, 4.69) is 0 Å². The topological polar surface area (TPSA) is 72.8 Å². The van der Waals surface area contributed by atoms with Crippen molar-refractivity contribution in [1.29, 1.82) is 0 Å². The van der Waals surface area contributed by atoms with E-state index in [9.17, 15) is 14.7 Å². The molecule has 1 aliphatic heterocycles. The third-order valence-electron chi connectivity index (χ3n) is 3.10. The Balaban J connectivity index is 2.42. The minimum atomic E-state index is -0.774. The van der Waals surface area contributed by atoms with E-state index in [0.717, 1.165) is 19.3 Å². The van der Waals surface area contributed by atoms with E-state index in [1.165, 1.54) is 0 Å². The van der Waals surface area contributed by atoms with Crippen molar-refractivity contribution in [2.24, 2.45) is 0 Å². The van der Waals surface area contributed by atoms with Gasteiger partial charge >= 0.3 is 11.9 Å². The van der Waals surface area contributed by atoms with Gasteiger partial charge in [0, 0.05) is 5.57 Å². The SMILES string of the molecule is CCOC(=O)/C1=C2\OC(=O)C(O)=C2CCCCC1. The zero-order chi connectivity index (χ0) is 13.1. The van der Waals surface area contributed by atoms with Crippen LogP contribution in [0.1, 0.15) is 39.0 Å². The van der Waals surface area contributed by atoms with Crippen LogP contribution in [0.4, 0.5) is 0 Å². The first-order valence-electron chi connectivity index (χ1n) is 6.20. The molecule has 0 aromatic heterocycles. The highest BCUT2D eigenvalue weighted by molar-refractivity contribution is 5.96. The summed E-state index contributed by atoms with van der Waals surface area (Å²) in [6.45, 7) is 2.00. The van der Waals surface area contributed by atoms with Gasteiger partial charge in [0.1, 0.15) is 5.76 Å². The molecule has 0 saturated heterocycles. The molecular weight excluding hydrogens is 236 g/mol. The number of carbonyl (C=O) groups is 2. The number of ether oxygens (including phenoxy) is 2. The van der Waals surface area contributed by atoms with Crippen LogP contribution in [0, 0.1) is 0 Å². The lowest BCUT2D eigenvalue weighted by Gasteiger charge is -2.14. The first-order valence-corrected chi connectivity index (χ1v) is 6.20. The molecule has 0 unspecified atom stereocenters. The fourth-order valence-corrected chi connectivity index (χ4v) is 2.22. The van der Waals surface area contributed by atoms with Crippen molar-refractivity contribution in [3.05, 3.63) is 22.7 Å². The van der Waals surface area contributed by atoms with Crippen LogP contribution in [0.3, 0.4) is 0 Å².